The molecule has 0 radical (unpaired) electrons. The number of amides is 1. The lowest BCUT2D eigenvalue weighted by atomic mass is 9.78. The Labute approximate surface area is 178 Å². The number of carboxylic acid groups (broad SMARTS) is 1. The van der Waals surface area contributed by atoms with Gasteiger partial charge in [0.1, 0.15) is 5.60 Å². The van der Waals surface area contributed by atoms with Crippen molar-refractivity contribution in [3.8, 4) is 0 Å². The van der Waals surface area contributed by atoms with Crippen LogP contribution in [0, 0.1) is 5.92 Å². The molecule has 1 N–H and O–H groups in total. The van der Waals surface area contributed by atoms with Crippen LogP contribution in [0.15, 0.2) is 5.11 Å². The highest BCUT2D eigenvalue weighted by molar-refractivity contribution is 6.45. The first kappa shape index (κ1) is 24.3. The molecule has 30 heavy (non-hydrogen) atoms. The molecule has 0 saturated carbocycles. The van der Waals surface area contributed by atoms with Crippen molar-refractivity contribution < 1.29 is 28.7 Å². The maximum atomic E-state index is 13.0. The zero-order valence-corrected chi connectivity index (χ0v) is 19.0. The van der Waals surface area contributed by atoms with E-state index in [0.717, 1.165) is 4.90 Å². The third-order valence-electron chi connectivity index (χ3n) is 6.09. The number of carbonyl (C=O) groups excluding carboxylic acids is 1. The van der Waals surface area contributed by atoms with Crippen molar-refractivity contribution in [3.63, 3.8) is 0 Å². The van der Waals surface area contributed by atoms with Crippen molar-refractivity contribution >= 4 is 19.2 Å². The van der Waals surface area contributed by atoms with E-state index in [1.165, 1.54) is 0 Å². The first-order valence-electron chi connectivity index (χ1n) is 10.3. The van der Waals surface area contributed by atoms with Crippen molar-refractivity contribution in [2.45, 2.75) is 90.0 Å². The van der Waals surface area contributed by atoms with Gasteiger partial charge < -0.3 is 24.1 Å². The molecule has 10 nitrogen and oxygen atoms in total. The number of nitrogens with zero attached hydrogens (tertiary/aromatic N) is 4. The minimum Gasteiger partial charge on any atom is -0.465 e. The Balaban J connectivity index is 2.15. The van der Waals surface area contributed by atoms with Gasteiger partial charge in [-0.2, -0.15) is 0 Å². The second-order valence-corrected chi connectivity index (χ2v) is 10.1. The highest BCUT2D eigenvalue weighted by Crippen LogP contribution is 2.40. The highest BCUT2D eigenvalue weighted by Gasteiger charge is 2.55. The molecule has 0 bridgehead atoms. The smallest absolute Gasteiger partial charge is 0.457 e. The summed E-state index contributed by atoms with van der Waals surface area (Å²) in [7, 11) is -0.387. The third kappa shape index (κ3) is 5.02. The Kier molecular flexibility index (Phi) is 6.71. The van der Waals surface area contributed by atoms with Crippen molar-refractivity contribution in [3.05, 3.63) is 10.4 Å². The van der Waals surface area contributed by atoms with E-state index >= 15 is 0 Å². The fourth-order valence-electron chi connectivity index (χ4n) is 3.82. The van der Waals surface area contributed by atoms with E-state index < -0.39 is 40.3 Å². The molecule has 0 aromatic rings. The fourth-order valence-corrected chi connectivity index (χ4v) is 3.82. The maximum absolute atomic E-state index is 13.0. The van der Waals surface area contributed by atoms with Gasteiger partial charge in [0.25, 0.3) is 0 Å². The summed E-state index contributed by atoms with van der Waals surface area (Å²) < 4.78 is 17.5. The van der Waals surface area contributed by atoms with Crippen molar-refractivity contribution in [2.24, 2.45) is 11.0 Å². The van der Waals surface area contributed by atoms with Gasteiger partial charge in [0.2, 0.25) is 0 Å². The van der Waals surface area contributed by atoms with E-state index in [2.05, 4.69) is 10.0 Å². The van der Waals surface area contributed by atoms with Gasteiger partial charge in [-0.1, -0.05) is 11.5 Å². The fraction of sp³-hybridized carbons (Fsp3) is 0.895. The van der Waals surface area contributed by atoms with E-state index in [4.69, 9.17) is 19.6 Å². The summed E-state index contributed by atoms with van der Waals surface area (Å²) in [5.74, 6) is -1.20. The number of rotatable bonds is 6. The van der Waals surface area contributed by atoms with E-state index in [0.29, 0.717) is 19.2 Å². The molecule has 1 amide bonds. The molecule has 2 fully saturated rings. The van der Waals surface area contributed by atoms with E-state index in [9.17, 15) is 14.7 Å². The first-order chi connectivity index (χ1) is 13.6. The summed E-state index contributed by atoms with van der Waals surface area (Å²) in [5.41, 5.74) is 5.89. The van der Waals surface area contributed by atoms with Crippen LogP contribution in [0.5, 0.6) is 0 Å². The second kappa shape index (κ2) is 8.28. The molecule has 11 heteroatoms. The molecular formula is C19H33BN4O6. The first-order valence-corrected chi connectivity index (χ1v) is 10.3. The number of ether oxygens (including phenoxy) is 1. The standard InChI is InChI=1S/C19H33BN4O6/c1-16(2,3)28-14(25)19(22-23-21)12-24(15(26)27)11-13(19)9-8-10-20-29-17(4,5)18(6,7)30-20/h13H,8-12H2,1-7H3,(H,26,27)/t13-,19-/m0/s1. The lowest BCUT2D eigenvalue weighted by molar-refractivity contribution is -0.162. The molecule has 0 spiro atoms. The van der Waals surface area contributed by atoms with Gasteiger partial charge in [-0.05, 0) is 66.7 Å². The van der Waals surface area contributed by atoms with Gasteiger partial charge in [0.05, 0.1) is 11.2 Å². The van der Waals surface area contributed by atoms with Gasteiger partial charge in [0, 0.05) is 23.9 Å². The van der Waals surface area contributed by atoms with Crippen LogP contribution < -0.4 is 0 Å². The minimum atomic E-state index is -1.59. The molecule has 2 atom stereocenters. The number of hydrogen-bond acceptors (Lipinski definition) is 6. The average Bonchev–Trinajstić information content (AvgIpc) is 3.02. The monoisotopic (exact) mass is 424 g/mol. The molecule has 0 unspecified atom stereocenters. The van der Waals surface area contributed by atoms with Gasteiger partial charge in [0.15, 0.2) is 5.54 Å². The lowest BCUT2D eigenvalue weighted by Gasteiger charge is -2.32. The largest absolute Gasteiger partial charge is 0.465 e. The van der Waals surface area contributed by atoms with Crippen molar-refractivity contribution in [1.82, 2.24) is 4.90 Å². The normalized spacial score (nSPS) is 27.6. The number of likely N-dealkylation sites (tertiary alicyclic amines) is 1. The zero-order chi connectivity index (χ0) is 23.0. The summed E-state index contributed by atoms with van der Waals surface area (Å²) in [6.07, 6.45) is 0.494. The minimum absolute atomic E-state index is 0.0942. The molecule has 0 aliphatic carbocycles. The van der Waals surface area contributed by atoms with E-state index in [1.807, 2.05) is 27.7 Å². The summed E-state index contributed by atoms with van der Waals surface area (Å²) in [4.78, 5) is 28.5. The van der Waals surface area contributed by atoms with E-state index in [1.54, 1.807) is 20.8 Å². The molecular weight excluding hydrogens is 391 g/mol. The van der Waals surface area contributed by atoms with Gasteiger partial charge >= 0.3 is 19.2 Å². The molecule has 2 aliphatic rings. The molecule has 168 valence electrons. The summed E-state index contributed by atoms with van der Waals surface area (Å²) in [5, 5.41) is 13.2. The van der Waals surface area contributed by atoms with E-state index in [-0.39, 0.29) is 20.2 Å². The predicted octanol–water partition coefficient (Wildman–Crippen LogP) is 3.86. The van der Waals surface area contributed by atoms with Gasteiger partial charge in [-0.15, -0.1) is 0 Å². The molecule has 2 saturated heterocycles. The van der Waals surface area contributed by atoms with Crippen molar-refractivity contribution in [1.29, 1.82) is 0 Å². The molecule has 0 aromatic heterocycles. The molecule has 2 rings (SSSR count). The Morgan fingerprint density at radius 1 is 1.27 bits per heavy atom. The quantitative estimate of drug-likeness (QED) is 0.226. The van der Waals surface area contributed by atoms with Gasteiger partial charge in [-0.25, -0.2) is 4.79 Å². The summed E-state index contributed by atoms with van der Waals surface area (Å²) in [6, 6.07) is 0. The van der Waals surface area contributed by atoms with Crippen LogP contribution in [-0.4, -0.2) is 64.6 Å². The Morgan fingerprint density at radius 2 is 1.83 bits per heavy atom. The highest BCUT2D eigenvalue weighted by atomic mass is 16.7. The van der Waals surface area contributed by atoms with Gasteiger partial charge in [-0.3, -0.25) is 4.79 Å². The number of esters is 1. The number of hydrogen-bond donors (Lipinski definition) is 1. The van der Waals surface area contributed by atoms with Crippen LogP contribution >= 0.6 is 0 Å². The number of azide groups is 1. The summed E-state index contributed by atoms with van der Waals surface area (Å²) in [6.45, 7) is 12.9. The predicted molar refractivity (Wildman–Crippen MR) is 111 cm³/mol. The van der Waals surface area contributed by atoms with Crippen LogP contribution in [0.2, 0.25) is 6.32 Å². The second-order valence-electron chi connectivity index (χ2n) is 10.1. The topological polar surface area (TPSA) is 134 Å². The van der Waals surface area contributed by atoms with Crippen LogP contribution in [0.4, 0.5) is 4.79 Å². The SMILES string of the molecule is CC(C)(C)OC(=O)[C@]1(N=[N+]=[N-])CN(C(=O)O)C[C@@H]1CCCB1OC(C)(C)C(C)(C)O1. The molecule has 2 heterocycles. The summed E-state index contributed by atoms with van der Waals surface area (Å²) >= 11 is 0. The molecule has 0 aromatic carbocycles. The lowest BCUT2D eigenvalue weighted by Crippen LogP contribution is -2.48. The Hall–Kier alpha value is -1.97. The number of carbonyl (C=O) groups is 2. The average molecular weight is 424 g/mol. The Morgan fingerprint density at radius 3 is 2.30 bits per heavy atom. The van der Waals surface area contributed by atoms with Crippen LogP contribution in [0.25, 0.3) is 10.4 Å². The third-order valence-corrected chi connectivity index (χ3v) is 6.09. The zero-order valence-electron chi connectivity index (χ0n) is 19.0. The van der Waals surface area contributed by atoms with Crippen LogP contribution in [0.1, 0.15) is 61.3 Å². The Bertz CT molecular complexity index is 715. The van der Waals surface area contributed by atoms with Crippen molar-refractivity contribution in [2.75, 3.05) is 13.1 Å². The maximum Gasteiger partial charge on any atom is 0.457 e. The van der Waals surface area contributed by atoms with Crippen LogP contribution in [0.3, 0.4) is 0 Å². The van der Waals surface area contributed by atoms with Crippen LogP contribution in [-0.2, 0) is 18.8 Å². The molecule has 2 aliphatic heterocycles.